The molecule has 0 spiro atoms. The summed E-state index contributed by atoms with van der Waals surface area (Å²) in [4.78, 5) is 12.1. The third-order valence-corrected chi connectivity index (χ3v) is 5.01. The standard InChI is InChI=1S/C19H15N3O5S/c23-17-11-9-15(10-12-17)19(14-5-2-1-3-6-14)20-21-28(26,27)18-8-4-7-16(13-18)22(24)25/h1-13,21,23H/b20-19+. The molecule has 28 heavy (non-hydrogen) atoms. The van der Waals surface area contributed by atoms with Crippen LogP contribution in [0.15, 0.2) is 88.9 Å². The molecule has 3 aromatic carbocycles. The minimum Gasteiger partial charge on any atom is -0.508 e. The maximum absolute atomic E-state index is 12.5. The van der Waals surface area contributed by atoms with Gasteiger partial charge in [0.05, 0.1) is 15.5 Å². The average Bonchev–Trinajstić information content (AvgIpc) is 2.70. The summed E-state index contributed by atoms with van der Waals surface area (Å²) >= 11 is 0. The van der Waals surface area contributed by atoms with Crippen molar-refractivity contribution in [1.29, 1.82) is 0 Å². The Morgan fingerprint density at radius 3 is 2.21 bits per heavy atom. The van der Waals surface area contributed by atoms with E-state index < -0.39 is 14.9 Å². The first-order valence-electron chi connectivity index (χ1n) is 8.05. The second kappa shape index (κ2) is 7.89. The lowest BCUT2D eigenvalue weighted by molar-refractivity contribution is -0.385. The van der Waals surface area contributed by atoms with Gasteiger partial charge in [-0.2, -0.15) is 18.4 Å². The first kappa shape index (κ1) is 19.1. The van der Waals surface area contributed by atoms with Crippen LogP contribution in [0.5, 0.6) is 5.75 Å². The van der Waals surface area contributed by atoms with E-state index in [4.69, 9.17) is 0 Å². The molecule has 142 valence electrons. The highest BCUT2D eigenvalue weighted by Crippen LogP contribution is 2.18. The number of nitro benzene ring substituents is 1. The van der Waals surface area contributed by atoms with E-state index in [9.17, 15) is 23.6 Å². The molecule has 0 saturated carbocycles. The van der Waals surface area contributed by atoms with Crippen molar-refractivity contribution in [3.8, 4) is 5.75 Å². The topological polar surface area (TPSA) is 122 Å². The van der Waals surface area contributed by atoms with Crippen molar-refractivity contribution in [3.63, 3.8) is 0 Å². The molecule has 0 aliphatic heterocycles. The predicted molar refractivity (Wildman–Crippen MR) is 104 cm³/mol. The monoisotopic (exact) mass is 397 g/mol. The van der Waals surface area contributed by atoms with Gasteiger partial charge in [-0.05, 0) is 30.3 Å². The van der Waals surface area contributed by atoms with Crippen LogP contribution in [0.3, 0.4) is 0 Å². The molecule has 0 saturated heterocycles. The second-order valence-corrected chi connectivity index (χ2v) is 7.38. The lowest BCUT2D eigenvalue weighted by atomic mass is 10.0. The lowest BCUT2D eigenvalue weighted by Crippen LogP contribution is -2.21. The van der Waals surface area contributed by atoms with Crippen molar-refractivity contribution in [1.82, 2.24) is 4.83 Å². The van der Waals surface area contributed by atoms with Gasteiger partial charge in [-0.15, -0.1) is 0 Å². The summed E-state index contributed by atoms with van der Waals surface area (Å²) < 4.78 is 25.1. The molecule has 0 atom stereocenters. The molecule has 0 fully saturated rings. The SMILES string of the molecule is O=[N+]([O-])c1cccc(S(=O)(=O)N/N=C(\c2ccccc2)c2ccc(O)cc2)c1. The highest BCUT2D eigenvalue weighted by atomic mass is 32.2. The van der Waals surface area contributed by atoms with E-state index in [0.29, 0.717) is 16.8 Å². The molecule has 0 amide bonds. The zero-order chi connectivity index (χ0) is 20.1. The molecule has 8 nitrogen and oxygen atoms in total. The number of non-ortho nitro benzene ring substituents is 1. The third-order valence-electron chi connectivity index (χ3n) is 3.80. The van der Waals surface area contributed by atoms with E-state index in [1.165, 1.54) is 30.3 Å². The Bertz CT molecular complexity index is 1130. The smallest absolute Gasteiger partial charge is 0.276 e. The van der Waals surface area contributed by atoms with E-state index in [-0.39, 0.29) is 16.3 Å². The molecule has 0 aliphatic rings. The van der Waals surface area contributed by atoms with Gasteiger partial charge in [0.1, 0.15) is 5.75 Å². The van der Waals surface area contributed by atoms with Crippen molar-refractivity contribution < 1.29 is 18.4 Å². The van der Waals surface area contributed by atoms with E-state index >= 15 is 0 Å². The lowest BCUT2D eigenvalue weighted by Gasteiger charge is -2.09. The van der Waals surface area contributed by atoms with Crippen LogP contribution in [0, 0.1) is 10.1 Å². The van der Waals surface area contributed by atoms with Crippen LogP contribution in [0.2, 0.25) is 0 Å². The number of benzene rings is 3. The van der Waals surface area contributed by atoms with Gasteiger partial charge in [0.2, 0.25) is 0 Å². The van der Waals surface area contributed by atoms with Crippen LogP contribution in [0.25, 0.3) is 0 Å². The molecule has 3 rings (SSSR count). The number of hydrazone groups is 1. The molecular formula is C19H15N3O5S. The number of aromatic hydroxyl groups is 1. The fourth-order valence-electron chi connectivity index (χ4n) is 2.43. The Balaban J connectivity index is 2.00. The molecule has 0 radical (unpaired) electrons. The molecule has 2 N–H and O–H groups in total. The van der Waals surface area contributed by atoms with Crippen LogP contribution in [-0.4, -0.2) is 24.2 Å². The molecular weight excluding hydrogens is 382 g/mol. The number of nitrogens with one attached hydrogen (secondary N) is 1. The van der Waals surface area contributed by atoms with Crippen LogP contribution < -0.4 is 4.83 Å². The number of rotatable bonds is 6. The summed E-state index contributed by atoms with van der Waals surface area (Å²) in [6, 6.07) is 19.7. The minimum atomic E-state index is -4.13. The fourth-order valence-corrected chi connectivity index (χ4v) is 3.28. The Hall–Kier alpha value is -3.72. The zero-order valence-electron chi connectivity index (χ0n) is 14.4. The van der Waals surface area contributed by atoms with Crippen molar-refractivity contribution in [2.75, 3.05) is 0 Å². The van der Waals surface area contributed by atoms with Crippen molar-refractivity contribution in [3.05, 3.63) is 100 Å². The Kier molecular flexibility index (Phi) is 5.37. The van der Waals surface area contributed by atoms with Gasteiger partial charge in [0.15, 0.2) is 0 Å². The summed E-state index contributed by atoms with van der Waals surface area (Å²) in [5.41, 5.74) is 1.21. The normalized spacial score (nSPS) is 11.8. The van der Waals surface area contributed by atoms with E-state index in [2.05, 4.69) is 9.93 Å². The van der Waals surface area contributed by atoms with Gasteiger partial charge in [0.25, 0.3) is 15.7 Å². The van der Waals surface area contributed by atoms with Crippen LogP contribution in [0.1, 0.15) is 11.1 Å². The van der Waals surface area contributed by atoms with Gasteiger partial charge >= 0.3 is 0 Å². The molecule has 3 aromatic rings. The molecule has 0 bridgehead atoms. The largest absolute Gasteiger partial charge is 0.508 e. The van der Waals surface area contributed by atoms with Gasteiger partial charge in [-0.1, -0.05) is 36.4 Å². The minimum absolute atomic E-state index is 0.0633. The third kappa shape index (κ3) is 4.33. The molecule has 0 aliphatic carbocycles. The van der Waals surface area contributed by atoms with Crippen molar-refractivity contribution in [2.45, 2.75) is 4.90 Å². The Morgan fingerprint density at radius 1 is 0.929 bits per heavy atom. The number of sulfonamides is 1. The molecule has 0 heterocycles. The number of nitrogens with zero attached hydrogens (tertiary/aromatic N) is 2. The summed E-state index contributed by atoms with van der Waals surface area (Å²) in [7, 11) is -4.13. The number of nitro groups is 1. The fraction of sp³-hybridized carbons (Fsp3) is 0. The van der Waals surface area contributed by atoms with E-state index in [1.807, 2.05) is 6.07 Å². The van der Waals surface area contributed by atoms with Gasteiger partial charge < -0.3 is 5.11 Å². The number of phenols is 1. The second-order valence-electron chi connectivity index (χ2n) is 5.72. The maximum Gasteiger partial charge on any atom is 0.276 e. The van der Waals surface area contributed by atoms with Crippen LogP contribution in [-0.2, 0) is 10.0 Å². The first-order chi connectivity index (χ1) is 13.4. The number of hydrogen-bond donors (Lipinski definition) is 2. The van der Waals surface area contributed by atoms with Crippen molar-refractivity contribution >= 4 is 21.4 Å². The number of hydrogen-bond acceptors (Lipinski definition) is 6. The van der Waals surface area contributed by atoms with Crippen molar-refractivity contribution in [2.24, 2.45) is 5.10 Å². The zero-order valence-corrected chi connectivity index (χ0v) is 15.2. The van der Waals surface area contributed by atoms with Crippen LogP contribution >= 0.6 is 0 Å². The molecule has 9 heteroatoms. The van der Waals surface area contributed by atoms with Crippen LogP contribution in [0.4, 0.5) is 5.69 Å². The highest BCUT2D eigenvalue weighted by molar-refractivity contribution is 7.89. The number of phenolic OH excluding ortho intramolecular Hbond substituents is 1. The predicted octanol–water partition coefficient (Wildman–Crippen LogP) is 3.03. The molecule has 0 unspecified atom stereocenters. The highest BCUT2D eigenvalue weighted by Gasteiger charge is 2.18. The summed E-state index contributed by atoms with van der Waals surface area (Å²) in [5, 5.41) is 24.4. The van der Waals surface area contributed by atoms with E-state index in [0.717, 1.165) is 6.07 Å². The van der Waals surface area contributed by atoms with Gasteiger partial charge in [-0.25, -0.2) is 0 Å². The maximum atomic E-state index is 12.5. The Labute approximate surface area is 161 Å². The Morgan fingerprint density at radius 2 is 1.57 bits per heavy atom. The van der Waals surface area contributed by atoms with Gasteiger partial charge in [0, 0.05) is 23.3 Å². The summed E-state index contributed by atoms with van der Waals surface area (Å²) in [6.07, 6.45) is 0. The average molecular weight is 397 g/mol. The van der Waals surface area contributed by atoms with E-state index in [1.54, 1.807) is 36.4 Å². The first-order valence-corrected chi connectivity index (χ1v) is 9.54. The summed E-state index contributed by atoms with van der Waals surface area (Å²) in [5.74, 6) is 0.0633. The summed E-state index contributed by atoms with van der Waals surface area (Å²) in [6.45, 7) is 0. The molecule has 0 aromatic heterocycles. The quantitative estimate of drug-likeness (QED) is 0.376. The van der Waals surface area contributed by atoms with Gasteiger partial charge in [-0.3, -0.25) is 10.1 Å².